The van der Waals surface area contributed by atoms with Crippen molar-refractivity contribution < 1.29 is 13.2 Å². The first-order valence-corrected chi connectivity index (χ1v) is 6.89. The van der Waals surface area contributed by atoms with Crippen LogP contribution >= 0.6 is 0 Å². The van der Waals surface area contributed by atoms with Gasteiger partial charge in [-0.05, 0) is 31.9 Å². The standard InChI is InChI=1S/C13H19F3N4/c14-13(15,16)11-6-8-18-12(19-11)20(9-3-7-17)10-4-1-2-5-10/h6,8,10H,1-5,7,9,17H2. The maximum absolute atomic E-state index is 12.7. The van der Waals surface area contributed by atoms with Gasteiger partial charge in [-0.3, -0.25) is 0 Å². The average molecular weight is 288 g/mol. The van der Waals surface area contributed by atoms with E-state index in [2.05, 4.69) is 9.97 Å². The van der Waals surface area contributed by atoms with Crippen LogP contribution in [0.4, 0.5) is 19.1 Å². The zero-order chi connectivity index (χ0) is 14.6. The van der Waals surface area contributed by atoms with Crippen molar-refractivity contribution in [2.24, 2.45) is 5.73 Å². The summed E-state index contributed by atoms with van der Waals surface area (Å²) >= 11 is 0. The molecule has 0 amide bonds. The van der Waals surface area contributed by atoms with Gasteiger partial charge in [0.1, 0.15) is 5.69 Å². The van der Waals surface area contributed by atoms with E-state index >= 15 is 0 Å². The number of hydrogen-bond acceptors (Lipinski definition) is 4. The fraction of sp³-hybridized carbons (Fsp3) is 0.692. The van der Waals surface area contributed by atoms with Crippen LogP contribution in [0.15, 0.2) is 12.3 Å². The Morgan fingerprint density at radius 1 is 1.30 bits per heavy atom. The lowest BCUT2D eigenvalue weighted by Crippen LogP contribution is -2.36. The third kappa shape index (κ3) is 3.59. The largest absolute Gasteiger partial charge is 0.433 e. The first-order chi connectivity index (χ1) is 9.52. The number of alkyl halides is 3. The topological polar surface area (TPSA) is 55.0 Å². The van der Waals surface area contributed by atoms with Crippen LogP contribution in [0.3, 0.4) is 0 Å². The van der Waals surface area contributed by atoms with Gasteiger partial charge in [-0.1, -0.05) is 12.8 Å². The second kappa shape index (κ2) is 6.39. The fourth-order valence-electron chi connectivity index (χ4n) is 2.57. The predicted molar refractivity (Wildman–Crippen MR) is 70.3 cm³/mol. The lowest BCUT2D eigenvalue weighted by molar-refractivity contribution is -0.141. The van der Waals surface area contributed by atoms with Gasteiger partial charge in [0.15, 0.2) is 0 Å². The molecule has 0 spiro atoms. The van der Waals surface area contributed by atoms with Crippen molar-refractivity contribution >= 4 is 5.95 Å². The van der Waals surface area contributed by atoms with Gasteiger partial charge in [-0.25, -0.2) is 9.97 Å². The Morgan fingerprint density at radius 2 is 2.00 bits per heavy atom. The molecule has 0 unspecified atom stereocenters. The molecule has 1 saturated carbocycles. The smallest absolute Gasteiger partial charge is 0.338 e. The van der Waals surface area contributed by atoms with Gasteiger partial charge < -0.3 is 10.6 Å². The van der Waals surface area contributed by atoms with Crippen LogP contribution in [-0.4, -0.2) is 29.1 Å². The van der Waals surface area contributed by atoms with Crippen LogP contribution in [0.5, 0.6) is 0 Å². The number of rotatable bonds is 5. The maximum Gasteiger partial charge on any atom is 0.433 e. The number of aromatic nitrogens is 2. The molecule has 1 aliphatic rings. The van der Waals surface area contributed by atoms with Crippen LogP contribution in [0, 0.1) is 0 Å². The summed E-state index contributed by atoms with van der Waals surface area (Å²) in [4.78, 5) is 9.60. The van der Waals surface area contributed by atoms with Gasteiger partial charge >= 0.3 is 6.18 Å². The molecule has 0 saturated heterocycles. The van der Waals surface area contributed by atoms with E-state index in [0.29, 0.717) is 13.1 Å². The average Bonchev–Trinajstić information content (AvgIpc) is 2.92. The molecular formula is C13H19F3N4. The zero-order valence-corrected chi connectivity index (χ0v) is 11.2. The molecule has 1 aliphatic carbocycles. The molecule has 0 atom stereocenters. The fourth-order valence-corrected chi connectivity index (χ4v) is 2.57. The number of anilines is 1. The Morgan fingerprint density at radius 3 is 2.60 bits per heavy atom. The van der Waals surface area contributed by atoms with Crippen molar-refractivity contribution in [1.82, 2.24) is 9.97 Å². The number of nitrogens with zero attached hydrogens (tertiary/aromatic N) is 3. The molecule has 1 aromatic heterocycles. The summed E-state index contributed by atoms with van der Waals surface area (Å²) in [6.45, 7) is 1.10. The molecule has 4 nitrogen and oxygen atoms in total. The Labute approximate surface area is 116 Å². The Bertz CT molecular complexity index is 430. The lowest BCUT2D eigenvalue weighted by atomic mass is 10.2. The highest BCUT2D eigenvalue weighted by atomic mass is 19.4. The summed E-state index contributed by atoms with van der Waals surface area (Å²) in [6.07, 6.45) is 1.61. The van der Waals surface area contributed by atoms with Crippen LogP contribution in [0.25, 0.3) is 0 Å². The third-order valence-electron chi connectivity index (χ3n) is 3.56. The van der Waals surface area contributed by atoms with Gasteiger partial charge in [0.25, 0.3) is 0 Å². The van der Waals surface area contributed by atoms with Gasteiger partial charge in [0, 0.05) is 18.8 Å². The van der Waals surface area contributed by atoms with Crippen molar-refractivity contribution in [2.45, 2.75) is 44.3 Å². The molecule has 1 fully saturated rings. The second-order valence-electron chi connectivity index (χ2n) is 5.01. The van der Waals surface area contributed by atoms with E-state index in [1.54, 1.807) is 0 Å². The Hall–Kier alpha value is -1.37. The van der Waals surface area contributed by atoms with E-state index in [9.17, 15) is 13.2 Å². The van der Waals surface area contributed by atoms with Crippen LogP contribution < -0.4 is 10.6 Å². The van der Waals surface area contributed by atoms with E-state index in [4.69, 9.17) is 5.73 Å². The minimum atomic E-state index is -4.44. The highest BCUT2D eigenvalue weighted by Gasteiger charge is 2.34. The zero-order valence-electron chi connectivity index (χ0n) is 11.2. The van der Waals surface area contributed by atoms with Crippen molar-refractivity contribution in [3.63, 3.8) is 0 Å². The normalized spacial score (nSPS) is 16.6. The molecule has 2 rings (SSSR count). The molecule has 0 radical (unpaired) electrons. The van der Waals surface area contributed by atoms with Crippen molar-refractivity contribution in [3.05, 3.63) is 18.0 Å². The Kier molecular flexibility index (Phi) is 4.80. The molecule has 1 heterocycles. The molecule has 0 aromatic carbocycles. The summed E-state index contributed by atoms with van der Waals surface area (Å²) in [5.74, 6) is 0.167. The summed E-state index contributed by atoms with van der Waals surface area (Å²) in [5.41, 5.74) is 4.61. The van der Waals surface area contributed by atoms with Crippen LogP contribution in [-0.2, 0) is 6.18 Å². The molecule has 1 aromatic rings. The summed E-state index contributed by atoms with van der Waals surface area (Å²) in [6, 6.07) is 1.13. The monoisotopic (exact) mass is 288 g/mol. The van der Waals surface area contributed by atoms with Crippen LogP contribution in [0.1, 0.15) is 37.8 Å². The number of halogens is 3. The van der Waals surface area contributed by atoms with E-state index in [-0.39, 0.29) is 12.0 Å². The maximum atomic E-state index is 12.7. The van der Waals surface area contributed by atoms with Crippen LogP contribution in [0.2, 0.25) is 0 Å². The van der Waals surface area contributed by atoms with Gasteiger partial charge in [-0.15, -0.1) is 0 Å². The number of nitrogens with two attached hydrogens (primary N) is 1. The minimum absolute atomic E-state index is 0.167. The van der Waals surface area contributed by atoms with E-state index in [0.717, 1.165) is 38.2 Å². The first kappa shape index (κ1) is 15.0. The molecule has 7 heteroatoms. The van der Waals surface area contributed by atoms with Crippen molar-refractivity contribution in [2.75, 3.05) is 18.0 Å². The molecule has 0 bridgehead atoms. The van der Waals surface area contributed by atoms with Crippen molar-refractivity contribution in [1.29, 1.82) is 0 Å². The van der Waals surface area contributed by atoms with E-state index in [1.165, 1.54) is 6.20 Å². The van der Waals surface area contributed by atoms with Gasteiger partial charge in [0.05, 0.1) is 0 Å². The molecular weight excluding hydrogens is 269 g/mol. The van der Waals surface area contributed by atoms with E-state index < -0.39 is 11.9 Å². The highest BCUT2D eigenvalue weighted by molar-refractivity contribution is 5.33. The number of hydrogen-bond donors (Lipinski definition) is 1. The molecule has 0 aliphatic heterocycles. The first-order valence-electron chi connectivity index (χ1n) is 6.89. The third-order valence-corrected chi connectivity index (χ3v) is 3.56. The Balaban J connectivity index is 2.23. The van der Waals surface area contributed by atoms with Gasteiger partial charge in [-0.2, -0.15) is 13.2 Å². The summed E-state index contributed by atoms with van der Waals surface area (Å²) in [7, 11) is 0. The molecule has 2 N–H and O–H groups in total. The second-order valence-corrected chi connectivity index (χ2v) is 5.01. The lowest BCUT2D eigenvalue weighted by Gasteiger charge is -2.29. The summed E-state index contributed by atoms with van der Waals surface area (Å²) < 4.78 is 38.2. The highest BCUT2D eigenvalue weighted by Crippen LogP contribution is 2.30. The molecule has 112 valence electrons. The minimum Gasteiger partial charge on any atom is -0.338 e. The van der Waals surface area contributed by atoms with Gasteiger partial charge in [0.2, 0.25) is 5.95 Å². The molecule has 20 heavy (non-hydrogen) atoms. The van der Waals surface area contributed by atoms with Crippen molar-refractivity contribution in [3.8, 4) is 0 Å². The SMILES string of the molecule is NCCCN(c1nccc(C(F)(F)F)n1)C1CCCC1. The summed E-state index contributed by atoms with van der Waals surface area (Å²) in [5, 5.41) is 0. The predicted octanol–water partition coefficient (Wildman–Crippen LogP) is 2.59. The quantitative estimate of drug-likeness (QED) is 0.905. The van der Waals surface area contributed by atoms with E-state index in [1.807, 2.05) is 4.90 Å².